The molecule has 0 spiro atoms. The minimum Gasteiger partial charge on any atom is -0.480 e. The van der Waals surface area contributed by atoms with Gasteiger partial charge in [-0.1, -0.05) is 0 Å². The van der Waals surface area contributed by atoms with E-state index in [9.17, 15) is 9.59 Å². The highest BCUT2D eigenvalue weighted by molar-refractivity contribution is 5.74. The van der Waals surface area contributed by atoms with Gasteiger partial charge in [-0.2, -0.15) is 0 Å². The Labute approximate surface area is 69.6 Å². The molecule has 5 heteroatoms. The fraction of sp³-hybridized carbons (Fsp3) is 0.714. The van der Waals surface area contributed by atoms with Gasteiger partial charge in [0.1, 0.15) is 12.3 Å². The summed E-state index contributed by atoms with van der Waals surface area (Å²) in [6.45, 7) is 0.351. The normalized spacial score (nSPS) is 30.4. The first-order valence-corrected chi connectivity index (χ1v) is 3.73. The average Bonchev–Trinajstić information content (AvgIpc) is 2.32. The molecule has 0 radical (unpaired) electrons. The summed E-state index contributed by atoms with van der Waals surface area (Å²) in [5.41, 5.74) is 0. The van der Waals surface area contributed by atoms with Gasteiger partial charge in [-0.05, 0) is 0 Å². The van der Waals surface area contributed by atoms with E-state index in [-0.39, 0.29) is 19.5 Å². The van der Waals surface area contributed by atoms with Crippen molar-refractivity contribution >= 4 is 12.3 Å². The van der Waals surface area contributed by atoms with Crippen molar-refractivity contribution in [1.29, 1.82) is 0 Å². The van der Waals surface area contributed by atoms with Gasteiger partial charge >= 0.3 is 5.97 Å². The van der Waals surface area contributed by atoms with Gasteiger partial charge < -0.3 is 15.0 Å². The number of nitrogens with zero attached hydrogens (tertiary/aromatic N) is 1. The summed E-state index contributed by atoms with van der Waals surface area (Å²) in [7, 11) is 0. The Bertz CT molecular complexity index is 194. The highest BCUT2D eigenvalue weighted by Gasteiger charge is 2.35. The van der Waals surface area contributed by atoms with Crippen LogP contribution < -0.4 is 0 Å². The van der Waals surface area contributed by atoms with Crippen LogP contribution in [0.1, 0.15) is 6.42 Å². The molecule has 68 valence electrons. The van der Waals surface area contributed by atoms with Crippen molar-refractivity contribution in [3.8, 4) is 0 Å². The Hall–Kier alpha value is -0.940. The Morgan fingerprint density at radius 2 is 2.33 bits per heavy atom. The standard InChI is InChI=1S/C7H11NO4/c9-2-1-8-4-5(10)3-6(8)7(11)12/h2,5-6,10H,1,3-4H2,(H,11,12). The number of aliphatic hydroxyl groups excluding tert-OH is 1. The predicted molar refractivity (Wildman–Crippen MR) is 39.7 cm³/mol. The molecule has 12 heavy (non-hydrogen) atoms. The Morgan fingerprint density at radius 1 is 1.67 bits per heavy atom. The maximum absolute atomic E-state index is 10.6. The van der Waals surface area contributed by atoms with Gasteiger partial charge in [0.15, 0.2) is 0 Å². The molecule has 0 aliphatic carbocycles. The number of rotatable bonds is 3. The molecule has 1 aliphatic heterocycles. The van der Waals surface area contributed by atoms with E-state index >= 15 is 0 Å². The molecule has 1 aliphatic rings. The number of hydrogen-bond acceptors (Lipinski definition) is 4. The number of carbonyl (C=O) groups excluding carboxylic acids is 1. The highest BCUT2D eigenvalue weighted by atomic mass is 16.4. The number of aliphatic hydroxyl groups is 1. The lowest BCUT2D eigenvalue weighted by Crippen LogP contribution is -2.37. The van der Waals surface area contributed by atoms with Crippen molar-refractivity contribution in [2.75, 3.05) is 13.1 Å². The molecular weight excluding hydrogens is 162 g/mol. The average molecular weight is 173 g/mol. The van der Waals surface area contributed by atoms with Crippen LogP contribution >= 0.6 is 0 Å². The van der Waals surface area contributed by atoms with Crippen molar-refractivity contribution in [3.05, 3.63) is 0 Å². The molecule has 0 aromatic heterocycles. The van der Waals surface area contributed by atoms with E-state index in [4.69, 9.17) is 10.2 Å². The molecular formula is C7H11NO4. The van der Waals surface area contributed by atoms with Gasteiger partial charge in [-0.25, -0.2) is 0 Å². The van der Waals surface area contributed by atoms with E-state index in [0.717, 1.165) is 0 Å². The van der Waals surface area contributed by atoms with Gasteiger partial charge in [-0.15, -0.1) is 0 Å². The Kier molecular flexibility index (Phi) is 2.78. The smallest absolute Gasteiger partial charge is 0.321 e. The molecule has 1 heterocycles. The number of aldehydes is 1. The number of carbonyl (C=O) groups is 2. The number of carboxylic acids is 1. The van der Waals surface area contributed by atoms with Crippen LogP contribution in [0, 0.1) is 0 Å². The Morgan fingerprint density at radius 3 is 2.83 bits per heavy atom. The van der Waals surface area contributed by atoms with Gasteiger partial charge in [0, 0.05) is 13.0 Å². The summed E-state index contributed by atoms with van der Waals surface area (Å²) < 4.78 is 0. The first kappa shape index (κ1) is 9.15. The van der Waals surface area contributed by atoms with E-state index in [2.05, 4.69) is 0 Å². The Balaban J connectivity index is 2.58. The van der Waals surface area contributed by atoms with Crippen molar-refractivity contribution in [1.82, 2.24) is 4.90 Å². The van der Waals surface area contributed by atoms with Crippen LogP contribution in [-0.2, 0) is 9.59 Å². The summed E-state index contributed by atoms with van der Waals surface area (Å²) in [4.78, 5) is 22.1. The second kappa shape index (κ2) is 3.64. The molecule has 2 N–H and O–H groups in total. The van der Waals surface area contributed by atoms with Crippen LogP contribution in [0.2, 0.25) is 0 Å². The van der Waals surface area contributed by atoms with Crippen LogP contribution in [-0.4, -0.2) is 52.6 Å². The number of likely N-dealkylation sites (tertiary alicyclic amines) is 1. The van der Waals surface area contributed by atoms with Gasteiger partial charge in [-0.3, -0.25) is 9.69 Å². The maximum Gasteiger partial charge on any atom is 0.321 e. The molecule has 2 unspecified atom stereocenters. The molecule has 0 amide bonds. The molecule has 0 saturated carbocycles. The van der Waals surface area contributed by atoms with E-state index in [1.165, 1.54) is 4.90 Å². The first-order chi connectivity index (χ1) is 5.65. The zero-order valence-electron chi connectivity index (χ0n) is 6.51. The van der Waals surface area contributed by atoms with Crippen LogP contribution in [0.15, 0.2) is 0 Å². The SMILES string of the molecule is O=CCN1CC(O)CC1C(=O)O. The number of β-amino-alcohol motifs (C(OH)–C–C–N with tert-alkyl or cyclic N) is 1. The van der Waals surface area contributed by atoms with Crippen molar-refractivity contribution in [2.24, 2.45) is 0 Å². The molecule has 0 aromatic rings. The van der Waals surface area contributed by atoms with E-state index in [0.29, 0.717) is 6.29 Å². The van der Waals surface area contributed by atoms with E-state index < -0.39 is 18.1 Å². The third-order valence-electron chi connectivity index (χ3n) is 1.98. The molecule has 1 fully saturated rings. The first-order valence-electron chi connectivity index (χ1n) is 3.73. The molecule has 1 saturated heterocycles. The zero-order valence-corrected chi connectivity index (χ0v) is 6.51. The minimum absolute atomic E-state index is 0.0774. The van der Waals surface area contributed by atoms with Crippen LogP contribution in [0.4, 0.5) is 0 Å². The molecule has 5 nitrogen and oxygen atoms in total. The molecule has 1 rings (SSSR count). The summed E-state index contributed by atoms with van der Waals surface area (Å²) in [6, 6.07) is -0.704. The van der Waals surface area contributed by atoms with Crippen LogP contribution in [0.3, 0.4) is 0 Å². The monoisotopic (exact) mass is 173 g/mol. The van der Waals surface area contributed by atoms with Crippen molar-refractivity contribution in [3.63, 3.8) is 0 Å². The fourth-order valence-corrected chi connectivity index (χ4v) is 1.43. The highest BCUT2D eigenvalue weighted by Crippen LogP contribution is 2.16. The lowest BCUT2D eigenvalue weighted by Gasteiger charge is -2.16. The third-order valence-corrected chi connectivity index (χ3v) is 1.98. The minimum atomic E-state index is -0.978. The largest absolute Gasteiger partial charge is 0.480 e. The third kappa shape index (κ3) is 1.80. The molecule has 2 atom stereocenters. The van der Waals surface area contributed by atoms with E-state index in [1.54, 1.807) is 0 Å². The lowest BCUT2D eigenvalue weighted by atomic mass is 10.2. The number of hydrogen-bond donors (Lipinski definition) is 2. The predicted octanol–water partition coefficient (Wildman–Crippen LogP) is -1.29. The summed E-state index contributed by atoms with van der Waals surface area (Å²) >= 11 is 0. The lowest BCUT2D eigenvalue weighted by molar-refractivity contribution is -0.142. The van der Waals surface area contributed by atoms with Crippen molar-refractivity contribution < 1.29 is 19.8 Å². The number of carboxylic acid groups (broad SMARTS) is 1. The molecule has 0 bridgehead atoms. The quantitative estimate of drug-likeness (QED) is 0.519. The van der Waals surface area contributed by atoms with E-state index in [1.807, 2.05) is 0 Å². The zero-order chi connectivity index (χ0) is 9.14. The maximum atomic E-state index is 10.6. The second-order valence-electron chi connectivity index (χ2n) is 2.86. The van der Waals surface area contributed by atoms with Crippen LogP contribution in [0.5, 0.6) is 0 Å². The number of aliphatic carboxylic acids is 1. The summed E-state index contributed by atoms with van der Waals surface area (Å²) in [6.07, 6.45) is 0.239. The molecule has 0 aromatic carbocycles. The van der Waals surface area contributed by atoms with Crippen LogP contribution in [0.25, 0.3) is 0 Å². The van der Waals surface area contributed by atoms with Gasteiger partial charge in [0.2, 0.25) is 0 Å². The fourth-order valence-electron chi connectivity index (χ4n) is 1.43. The van der Waals surface area contributed by atoms with Gasteiger partial charge in [0.05, 0.1) is 12.6 Å². The van der Waals surface area contributed by atoms with Gasteiger partial charge in [0.25, 0.3) is 0 Å². The topological polar surface area (TPSA) is 77.8 Å². The summed E-state index contributed by atoms with van der Waals surface area (Å²) in [5.74, 6) is -0.978. The summed E-state index contributed by atoms with van der Waals surface area (Å²) in [5, 5.41) is 17.8. The second-order valence-corrected chi connectivity index (χ2v) is 2.86. The van der Waals surface area contributed by atoms with Crippen molar-refractivity contribution in [2.45, 2.75) is 18.6 Å².